The summed E-state index contributed by atoms with van der Waals surface area (Å²) in [5.41, 5.74) is 0.335. The van der Waals surface area contributed by atoms with Crippen molar-refractivity contribution in [1.29, 1.82) is 0 Å². The van der Waals surface area contributed by atoms with Crippen LogP contribution in [-0.2, 0) is 19.6 Å². The number of anilines is 1. The second kappa shape index (κ2) is 9.61. The Morgan fingerprint density at radius 2 is 1.80 bits per heavy atom. The van der Waals surface area contributed by atoms with E-state index in [1.807, 2.05) is 24.3 Å². The maximum atomic E-state index is 13.7. The molecule has 1 aliphatic heterocycles. The molecule has 1 atom stereocenters. The highest BCUT2D eigenvalue weighted by Crippen LogP contribution is 2.50. The number of imide groups is 1. The van der Waals surface area contributed by atoms with Gasteiger partial charge in [-0.25, -0.2) is 4.90 Å². The molecular weight excluding hydrogens is 390 g/mol. The third-order valence-corrected chi connectivity index (χ3v) is 10.9. The van der Waals surface area contributed by atoms with Crippen LogP contribution < -0.4 is 4.90 Å². The van der Waals surface area contributed by atoms with Crippen molar-refractivity contribution in [3.8, 4) is 0 Å². The van der Waals surface area contributed by atoms with Crippen LogP contribution in [0.25, 0.3) is 0 Å². The fraction of sp³-hybridized carbons (Fsp3) is 0.600. The summed E-state index contributed by atoms with van der Waals surface area (Å²) in [6.07, 6.45) is 10.6. The van der Waals surface area contributed by atoms with Crippen LogP contribution in [0.2, 0.25) is 18.1 Å². The van der Waals surface area contributed by atoms with Gasteiger partial charge in [0.25, 0.3) is 5.91 Å². The van der Waals surface area contributed by atoms with Crippen molar-refractivity contribution in [1.82, 2.24) is 0 Å². The van der Waals surface area contributed by atoms with Crippen molar-refractivity contribution in [3.05, 3.63) is 42.0 Å². The number of para-hydroxylation sites is 1. The van der Waals surface area contributed by atoms with Gasteiger partial charge in [0.15, 0.2) is 13.9 Å². The summed E-state index contributed by atoms with van der Waals surface area (Å²) in [6.45, 7) is 14.5. The van der Waals surface area contributed by atoms with E-state index in [4.69, 9.17) is 4.43 Å². The van der Waals surface area contributed by atoms with E-state index in [0.29, 0.717) is 12.1 Å². The zero-order valence-electron chi connectivity index (χ0n) is 19.9. The van der Waals surface area contributed by atoms with E-state index in [-0.39, 0.29) is 16.9 Å². The molecule has 2 rings (SSSR count). The molecule has 0 aliphatic carbocycles. The summed E-state index contributed by atoms with van der Waals surface area (Å²) in [6, 6.07) is 7.58. The fourth-order valence-corrected chi connectivity index (χ4v) is 5.17. The molecule has 0 bridgehead atoms. The maximum Gasteiger partial charge on any atom is 0.270 e. The van der Waals surface area contributed by atoms with E-state index in [0.717, 1.165) is 18.4 Å². The molecule has 0 radical (unpaired) electrons. The lowest BCUT2D eigenvalue weighted by molar-refractivity contribution is -0.137. The van der Waals surface area contributed by atoms with Gasteiger partial charge in [0.1, 0.15) is 0 Å². The molecule has 1 heterocycles. The molecule has 30 heavy (non-hydrogen) atoms. The Morgan fingerprint density at radius 3 is 2.40 bits per heavy atom. The molecule has 4 nitrogen and oxygen atoms in total. The van der Waals surface area contributed by atoms with Gasteiger partial charge in [-0.15, -0.1) is 0 Å². The molecule has 0 fully saturated rings. The molecule has 0 saturated heterocycles. The zero-order chi connectivity index (χ0) is 22.6. The van der Waals surface area contributed by atoms with Gasteiger partial charge in [0.05, 0.1) is 5.69 Å². The first-order valence-corrected chi connectivity index (χ1v) is 14.2. The molecule has 1 aromatic rings. The fourth-order valence-electron chi connectivity index (χ4n) is 3.71. The average Bonchev–Trinajstić information content (AvgIpc) is 2.88. The summed E-state index contributed by atoms with van der Waals surface area (Å²) in [5, 5.41) is -0.0528. The second-order valence-corrected chi connectivity index (χ2v) is 14.6. The van der Waals surface area contributed by atoms with Gasteiger partial charge in [-0.05, 0) is 37.0 Å². The van der Waals surface area contributed by atoms with Crippen LogP contribution in [0.1, 0.15) is 78.7 Å². The Bertz CT molecular complexity index is 794. The Kier molecular flexibility index (Phi) is 7.86. The number of amides is 2. The number of allylic oxidation sites excluding steroid dienone is 1. The average molecular weight is 430 g/mol. The highest BCUT2D eigenvalue weighted by atomic mass is 28.4. The first-order chi connectivity index (χ1) is 14.0. The smallest absolute Gasteiger partial charge is 0.270 e. The number of carbonyl (C=O) groups excluding carboxylic acids is 2. The number of unbranched alkanes of at least 4 members (excludes halogenated alkanes) is 4. The van der Waals surface area contributed by atoms with E-state index in [2.05, 4.69) is 52.9 Å². The van der Waals surface area contributed by atoms with Gasteiger partial charge in [-0.2, -0.15) is 0 Å². The van der Waals surface area contributed by atoms with Gasteiger partial charge in [0, 0.05) is 18.9 Å². The van der Waals surface area contributed by atoms with Crippen molar-refractivity contribution in [3.63, 3.8) is 0 Å². The standard InChI is InChI=1S/C25H39NO3Si/c1-8-9-10-11-12-13-16-19-25(29-30(6,7)24(3,4)5)21-17-14-15-18-22(21)26(20(2)27)23(25)28/h13-18H,8-12,19H2,1-7H3/b16-13+/t25-/m1/s1. The Balaban J connectivity index is 2.43. The lowest BCUT2D eigenvalue weighted by Crippen LogP contribution is -2.53. The summed E-state index contributed by atoms with van der Waals surface area (Å²) < 4.78 is 6.86. The van der Waals surface area contributed by atoms with Gasteiger partial charge >= 0.3 is 0 Å². The summed E-state index contributed by atoms with van der Waals surface area (Å²) in [4.78, 5) is 27.4. The summed E-state index contributed by atoms with van der Waals surface area (Å²) >= 11 is 0. The third kappa shape index (κ3) is 4.94. The molecule has 0 unspecified atom stereocenters. The minimum absolute atomic E-state index is 0.0528. The van der Waals surface area contributed by atoms with Crippen molar-refractivity contribution in [2.75, 3.05) is 4.90 Å². The largest absolute Gasteiger partial charge is 0.399 e. The first kappa shape index (κ1) is 24.5. The molecule has 0 saturated carbocycles. The Morgan fingerprint density at radius 1 is 1.13 bits per heavy atom. The van der Waals surface area contributed by atoms with Crippen LogP contribution in [-0.4, -0.2) is 20.1 Å². The Hall–Kier alpha value is -1.72. The normalized spacial score (nSPS) is 19.6. The van der Waals surface area contributed by atoms with Crippen LogP contribution in [0.3, 0.4) is 0 Å². The van der Waals surface area contributed by atoms with Crippen LogP contribution in [0.5, 0.6) is 0 Å². The van der Waals surface area contributed by atoms with Crippen LogP contribution >= 0.6 is 0 Å². The number of rotatable bonds is 9. The number of nitrogens with zero attached hydrogens (tertiary/aromatic N) is 1. The summed E-state index contributed by atoms with van der Waals surface area (Å²) in [7, 11) is -2.30. The SMILES string of the molecule is CCCCCC/C=C/C[C@]1(O[Si](C)(C)C(C)(C)C)C(=O)N(C(C)=O)c2ccccc21. The highest BCUT2D eigenvalue weighted by molar-refractivity contribution is 6.74. The van der Waals surface area contributed by atoms with Crippen molar-refractivity contribution < 1.29 is 14.0 Å². The van der Waals surface area contributed by atoms with Crippen LogP contribution in [0.15, 0.2) is 36.4 Å². The Labute approximate surface area is 183 Å². The zero-order valence-corrected chi connectivity index (χ0v) is 20.9. The predicted molar refractivity (Wildman–Crippen MR) is 127 cm³/mol. The van der Waals surface area contributed by atoms with Crippen LogP contribution in [0, 0.1) is 0 Å². The molecule has 1 aromatic carbocycles. The molecule has 166 valence electrons. The number of carbonyl (C=O) groups is 2. The minimum Gasteiger partial charge on any atom is -0.399 e. The third-order valence-electron chi connectivity index (χ3n) is 6.48. The first-order valence-electron chi connectivity index (χ1n) is 11.3. The monoisotopic (exact) mass is 429 g/mol. The van der Waals surface area contributed by atoms with Crippen LogP contribution in [0.4, 0.5) is 5.69 Å². The molecule has 0 N–H and O–H groups in total. The minimum atomic E-state index is -2.30. The predicted octanol–water partition coefficient (Wildman–Crippen LogP) is 6.71. The molecule has 5 heteroatoms. The highest BCUT2D eigenvalue weighted by Gasteiger charge is 2.56. The number of hydrogen-bond acceptors (Lipinski definition) is 3. The van der Waals surface area contributed by atoms with E-state index < -0.39 is 13.9 Å². The topological polar surface area (TPSA) is 46.6 Å². The molecule has 2 amide bonds. The van der Waals surface area contributed by atoms with Crippen molar-refractivity contribution >= 4 is 25.8 Å². The molecule has 1 aliphatic rings. The van der Waals surface area contributed by atoms with E-state index >= 15 is 0 Å². The summed E-state index contributed by atoms with van der Waals surface area (Å²) in [5.74, 6) is -0.520. The van der Waals surface area contributed by atoms with E-state index in [1.54, 1.807) is 0 Å². The van der Waals surface area contributed by atoms with E-state index in [1.165, 1.54) is 31.1 Å². The molecular formula is C25H39NO3Si. The van der Waals surface area contributed by atoms with Gasteiger partial charge in [-0.3, -0.25) is 9.59 Å². The number of benzene rings is 1. The number of fused-ring (bicyclic) bond motifs is 1. The van der Waals surface area contributed by atoms with Gasteiger partial charge in [0.2, 0.25) is 5.91 Å². The van der Waals surface area contributed by atoms with E-state index in [9.17, 15) is 9.59 Å². The van der Waals surface area contributed by atoms with Crippen molar-refractivity contribution in [2.45, 2.75) is 96.9 Å². The lowest BCUT2D eigenvalue weighted by Gasteiger charge is -2.43. The second-order valence-electron chi connectivity index (χ2n) is 9.89. The maximum absolute atomic E-state index is 13.7. The van der Waals surface area contributed by atoms with Gasteiger partial charge in [-0.1, -0.05) is 77.3 Å². The van der Waals surface area contributed by atoms with Crippen molar-refractivity contribution in [2.24, 2.45) is 0 Å². The molecule has 0 spiro atoms. The van der Waals surface area contributed by atoms with Gasteiger partial charge < -0.3 is 4.43 Å². The lowest BCUT2D eigenvalue weighted by atomic mass is 9.91. The molecule has 0 aromatic heterocycles. The number of hydrogen-bond donors (Lipinski definition) is 0. The quantitative estimate of drug-likeness (QED) is 0.249.